The van der Waals surface area contributed by atoms with Crippen LogP contribution in [-0.4, -0.2) is 55.0 Å². The maximum Gasteiger partial charge on any atom is 0.418 e. The summed E-state index contributed by atoms with van der Waals surface area (Å²) in [5.74, 6) is 0.800. The summed E-state index contributed by atoms with van der Waals surface area (Å²) in [7, 11) is 5.51. The lowest BCUT2D eigenvalue weighted by molar-refractivity contribution is -0.138. The molecule has 0 fully saturated rings. The van der Waals surface area contributed by atoms with E-state index in [1.807, 2.05) is 19.9 Å². The standard InChI is InChI=1S/C40H37F3N4O8S.C2H6/c1-24-32(40(41,42)43)21-45-39(55-33-15-10-25(20-44)16-36(33)54-6)37(24)38(48)46-28-8-7-9-31(17-28)56(49)47(22-26-11-13-29(50-2)18-34(26)52-4)23-27-12-14-30(51-3)19-35(27)53-5;1-2/h7-19,21H,22-23H2,1-6H3,(H,46,48);1-2H3. The molecule has 1 unspecified atom stereocenters. The van der Waals surface area contributed by atoms with E-state index in [-0.39, 0.29) is 40.7 Å². The van der Waals surface area contributed by atoms with Crippen molar-refractivity contribution in [2.24, 2.45) is 0 Å². The van der Waals surface area contributed by atoms with E-state index in [9.17, 15) is 27.4 Å². The quantitative estimate of drug-likeness (QED) is 0.109. The number of carbonyl (C=O) groups excluding carboxylic acids is 1. The number of aromatic nitrogens is 1. The van der Waals surface area contributed by atoms with Crippen molar-refractivity contribution < 1.29 is 50.6 Å². The minimum absolute atomic E-state index is 0.00618. The second-order valence-corrected chi connectivity index (χ2v) is 13.4. The van der Waals surface area contributed by atoms with E-state index < -0.39 is 45.6 Å². The minimum atomic E-state index is -4.84. The Labute approximate surface area is 337 Å². The van der Waals surface area contributed by atoms with E-state index >= 15 is 0 Å². The first-order valence-electron chi connectivity index (χ1n) is 17.7. The fourth-order valence-electron chi connectivity index (χ4n) is 5.68. The van der Waals surface area contributed by atoms with Crippen molar-refractivity contribution in [1.29, 1.82) is 5.26 Å². The van der Waals surface area contributed by atoms with E-state index in [2.05, 4.69) is 10.3 Å². The number of rotatable bonds is 15. The Morgan fingerprint density at radius 3 is 1.90 bits per heavy atom. The highest BCUT2D eigenvalue weighted by molar-refractivity contribution is 7.82. The van der Waals surface area contributed by atoms with Crippen molar-refractivity contribution in [2.75, 3.05) is 40.9 Å². The van der Waals surface area contributed by atoms with E-state index in [0.717, 1.165) is 6.92 Å². The van der Waals surface area contributed by atoms with Gasteiger partial charge in [0.25, 0.3) is 5.91 Å². The molecule has 1 N–H and O–H groups in total. The van der Waals surface area contributed by atoms with Gasteiger partial charge in [-0.2, -0.15) is 18.4 Å². The highest BCUT2D eigenvalue weighted by atomic mass is 32.2. The van der Waals surface area contributed by atoms with Gasteiger partial charge >= 0.3 is 6.18 Å². The second kappa shape index (κ2) is 20.2. The Bertz CT molecular complexity index is 2240. The number of alkyl halides is 3. The van der Waals surface area contributed by atoms with Crippen molar-refractivity contribution in [1.82, 2.24) is 9.29 Å². The predicted octanol–water partition coefficient (Wildman–Crippen LogP) is 9.12. The van der Waals surface area contributed by atoms with Crippen molar-refractivity contribution in [2.45, 2.75) is 44.9 Å². The number of nitrogens with one attached hydrogen (secondary N) is 1. The zero-order valence-electron chi connectivity index (χ0n) is 33.1. The Morgan fingerprint density at radius 2 is 1.38 bits per heavy atom. The molecule has 306 valence electrons. The molecule has 0 spiro atoms. The molecule has 0 aliphatic rings. The topological polar surface area (TPSA) is 141 Å². The summed E-state index contributed by atoms with van der Waals surface area (Å²) in [6.45, 7) is 5.38. The first-order valence-corrected chi connectivity index (χ1v) is 18.8. The maximum absolute atomic E-state index is 14.5. The molecule has 1 aromatic heterocycles. The average Bonchev–Trinajstić information content (AvgIpc) is 3.23. The lowest BCUT2D eigenvalue weighted by Gasteiger charge is -2.24. The molecule has 5 aromatic rings. The van der Waals surface area contributed by atoms with Crippen LogP contribution in [0.1, 0.15) is 52.0 Å². The van der Waals surface area contributed by atoms with Crippen LogP contribution in [0.4, 0.5) is 18.9 Å². The number of hydrogen-bond acceptors (Lipinski definition) is 10. The molecule has 0 radical (unpaired) electrons. The predicted molar refractivity (Wildman–Crippen MR) is 212 cm³/mol. The van der Waals surface area contributed by atoms with Gasteiger partial charge in [-0.3, -0.25) is 4.79 Å². The number of halogens is 3. The summed E-state index contributed by atoms with van der Waals surface area (Å²) in [5.41, 5.74) is -0.335. The van der Waals surface area contributed by atoms with Crippen LogP contribution in [-0.2, 0) is 30.3 Å². The largest absolute Gasteiger partial charge is 0.497 e. The number of carbonyl (C=O) groups is 1. The molecule has 58 heavy (non-hydrogen) atoms. The van der Waals surface area contributed by atoms with Gasteiger partial charge < -0.3 is 33.7 Å². The molecule has 4 aromatic carbocycles. The van der Waals surface area contributed by atoms with E-state index in [1.165, 1.54) is 65.9 Å². The number of nitriles is 1. The number of anilines is 1. The van der Waals surface area contributed by atoms with E-state index in [1.54, 1.807) is 52.8 Å². The monoisotopic (exact) mass is 820 g/mol. The fourth-order valence-corrected chi connectivity index (χ4v) is 6.91. The third-order valence-corrected chi connectivity index (χ3v) is 9.93. The number of pyridine rings is 1. The van der Waals surface area contributed by atoms with Crippen LogP contribution in [0.5, 0.6) is 40.4 Å². The smallest absolute Gasteiger partial charge is 0.418 e. The van der Waals surface area contributed by atoms with Gasteiger partial charge in [-0.15, -0.1) is 0 Å². The van der Waals surface area contributed by atoms with Crippen LogP contribution in [0, 0.1) is 18.3 Å². The summed E-state index contributed by atoms with van der Waals surface area (Å²) in [6, 6.07) is 22.7. The molecule has 0 aliphatic carbocycles. The molecule has 0 saturated heterocycles. The summed E-state index contributed by atoms with van der Waals surface area (Å²) in [4.78, 5) is 18.0. The summed E-state index contributed by atoms with van der Waals surface area (Å²) >= 11 is 0. The minimum Gasteiger partial charge on any atom is -0.497 e. The van der Waals surface area contributed by atoms with Gasteiger partial charge in [0.15, 0.2) is 11.5 Å². The molecule has 5 rings (SSSR count). The fraction of sp³-hybridized carbons (Fsp3) is 0.262. The molecule has 12 nitrogen and oxygen atoms in total. The van der Waals surface area contributed by atoms with Crippen LogP contribution >= 0.6 is 0 Å². The molecule has 1 amide bonds. The molecular weight excluding hydrogens is 778 g/mol. The molecule has 1 atom stereocenters. The molecule has 0 saturated carbocycles. The van der Waals surface area contributed by atoms with Crippen molar-refractivity contribution in [3.8, 4) is 46.4 Å². The number of methoxy groups -OCH3 is 5. The van der Waals surface area contributed by atoms with Crippen LogP contribution in [0.3, 0.4) is 0 Å². The van der Waals surface area contributed by atoms with Crippen LogP contribution < -0.4 is 33.7 Å². The zero-order valence-corrected chi connectivity index (χ0v) is 34.0. The number of ether oxygens (including phenoxy) is 6. The van der Waals surface area contributed by atoms with Crippen molar-refractivity contribution in [3.05, 3.63) is 118 Å². The van der Waals surface area contributed by atoms with E-state index in [0.29, 0.717) is 40.3 Å². The summed E-state index contributed by atoms with van der Waals surface area (Å²) in [6.07, 6.45) is -4.26. The Hall–Kier alpha value is -6.31. The van der Waals surface area contributed by atoms with Crippen molar-refractivity contribution >= 4 is 22.6 Å². The number of nitrogens with zero attached hydrogens (tertiary/aromatic N) is 3. The lowest BCUT2D eigenvalue weighted by atomic mass is 10.0. The normalized spacial score (nSPS) is 11.4. The molecule has 16 heteroatoms. The van der Waals surface area contributed by atoms with Crippen LogP contribution in [0.25, 0.3) is 0 Å². The van der Waals surface area contributed by atoms with Gasteiger partial charge in [-0.1, -0.05) is 32.0 Å². The highest BCUT2D eigenvalue weighted by Gasteiger charge is 2.36. The van der Waals surface area contributed by atoms with Gasteiger partial charge in [0.1, 0.15) is 39.5 Å². The highest BCUT2D eigenvalue weighted by Crippen LogP contribution is 2.39. The number of benzene rings is 4. The van der Waals surface area contributed by atoms with E-state index in [4.69, 9.17) is 28.4 Å². The third kappa shape index (κ3) is 10.5. The summed E-state index contributed by atoms with van der Waals surface area (Å²) < 4.78 is 91.4. The number of hydrogen-bond donors (Lipinski definition) is 1. The Balaban J connectivity index is 0.00000366. The SMILES string of the molecule is CC.COc1ccc(CN(Cc2ccc(OC)cc2OC)S(=O)c2cccc(NC(=O)c3c(Oc4ccc(C#N)cc4OC)ncc(C(F)(F)F)c3C)c2)c(OC)c1. The molecule has 0 bridgehead atoms. The van der Waals surface area contributed by atoms with Gasteiger partial charge in [0, 0.05) is 54.3 Å². The average molecular weight is 821 g/mol. The number of amides is 1. The molecule has 1 heterocycles. The summed E-state index contributed by atoms with van der Waals surface area (Å²) in [5, 5.41) is 11.9. The van der Waals surface area contributed by atoms with Gasteiger partial charge in [-0.05, 0) is 55.0 Å². The molecular formula is C42H43F3N4O8S. The van der Waals surface area contributed by atoms with Gasteiger partial charge in [0.2, 0.25) is 5.88 Å². The second-order valence-electron chi connectivity index (χ2n) is 11.9. The Kier molecular flexibility index (Phi) is 15.5. The van der Waals surface area contributed by atoms with Gasteiger partial charge in [-0.25, -0.2) is 13.5 Å². The first-order chi connectivity index (χ1) is 27.8. The van der Waals surface area contributed by atoms with Gasteiger partial charge in [0.05, 0.1) is 57.6 Å². The zero-order chi connectivity index (χ0) is 42.6. The first kappa shape index (κ1) is 44.4. The maximum atomic E-state index is 14.5. The Morgan fingerprint density at radius 1 is 0.793 bits per heavy atom. The lowest BCUT2D eigenvalue weighted by Crippen LogP contribution is -2.26. The third-order valence-electron chi connectivity index (χ3n) is 8.55. The van der Waals surface area contributed by atoms with Crippen LogP contribution in [0.2, 0.25) is 0 Å². The van der Waals surface area contributed by atoms with Crippen LogP contribution in [0.15, 0.2) is 90.0 Å². The molecule has 0 aliphatic heterocycles. The van der Waals surface area contributed by atoms with Crippen molar-refractivity contribution in [3.63, 3.8) is 0 Å².